The molecule has 0 aliphatic rings. The Hall–Kier alpha value is 0.0501. The second-order valence-electron chi connectivity index (χ2n) is 1.64. The van der Waals surface area contributed by atoms with E-state index in [2.05, 4.69) is 0 Å². The second kappa shape index (κ2) is 4.89. The summed E-state index contributed by atoms with van der Waals surface area (Å²) in [6.07, 6.45) is 0. The Kier molecular flexibility index (Phi) is 4.91. The molecule has 0 heterocycles. The zero-order valence-electron chi connectivity index (χ0n) is 5.04. The van der Waals surface area contributed by atoms with Gasteiger partial charge in [0.2, 0.25) is 0 Å². The Bertz CT molecular complexity index is 150. The quantitative estimate of drug-likeness (QED) is 0.769. The molecule has 0 atom stereocenters. The molecule has 0 aliphatic carbocycles. The minimum Gasteiger partial charge on any atom is -0.392 e. The van der Waals surface area contributed by atoms with Gasteiger partial charge in [0.25, 0.3) is 0 Å². The summed E-state index contributed by atoms with van der Waals surface area (Å²) in [5, 5.41) is 8.54. The van der Waals surface area contributed by atoms with Crippen LogP contribution >= 0.6 is 0 Å². The molecule has 1 nitrogen and oxygen atoms in total. The van der Waals surface area contributed by atoms with Crippen LogP contribution in [0.25, 0.3) is 0 Å². The molecular formula is C7H8HfO. The standard InChI is InChI=1S/C7H8O.Hf/c8-6-7-4-2-1-3-5-7;/h1-5,8H,6H2;. The van der Waals surface area contributed by atoms with Crippen molar-refractivity contribution in [1.29, 1.82) is 0 Å². The van der Waals surface area contributed by atoms with Gasteiger partial charge in [0, 0.05) is 25.8 Å². The van der Waals surface area contributed by atoms with Crippen LogP contribution in [-0.2, 0) is 32.5 Å². The SMILES string of the molecule is OCc1ccccc1.[Hf]. The molecule has 0 saturated carbocycles. The van der Waals surface area contributed by atoms with Gasteiger partial charge in [-0.15, -0.1) is 0 Å². The Morgan fingerprint density at radius 3 is 2.00 bits per heavy atom. The molecule has 0 aromatic heterocycles. The van der Waals surface area contributed by atoms with Crippen molar-refractivity contribution in [3.63, 3.8) is 0 Å². The first-order chi connectivity index (χ1) is 3.93. The molecule has 46 valence electrons. The van der Waals surface area contributed by atoms with Crippen molar-refractivity contribution < 1.29 is 30.9 Å². The average Bonchev–Trinajstić information content (AvgIpc) is 1.90. The first kappa shape index (κ1) is 9.05. The van der Waals surface area contributed by atoms with Gasteiger partial charge in [-0.3, -0.25) is 0 Å². The number of hydrogen-bond donors (Lipinski definition) is 1. The van der Waals surface area contributed by atoms with Gasteiger partial charge < -0.3 is 5.11 Å². The first-order valence-electron chi connectivity index (χ1n) is 2.58. The predicted octanol–water partition coefficient (Wildman–Crippen LogP) is 1.18. The van der Waals surface area contributed by atoms with E-state index in [0.717, 1.165) is 5.56 Å². The molecule has 0 bridgehead atoms. The van der Waals surface area contributed by atoms with Gasteiger partial charge in [-0.2, -0.15) is 0 Å². The maximum Gasteiger partial charge on any atom is 0.0681 e. The van der Waals surface area contributed by atoms with Crippen molar-refractivity contribution in [2.24, 2.45) is 0 Å². The van der Waals surface area contributed by atoms with Gasteiger partial charge in [0.1, 0.15) is 0 Å². The van der Waals surface area contributed by atoms with Crippen LogP contribution in [0.2, 0.25) is 0 Å². The summed E-state index contributed by atoms with van der Waals surface area (Å²) in [6.45, 7) is 0.140. The molecule has 1 aromatic carbocycles. The number of aliphatic hydroxyl groups excluding tert-OH is 1. The molecule has 2 heteroatoms. The molecule has 0 saturated heterocycles. The number of aliphatic hydroxyl groups is 1. The first-order valence-corrected chi connectivity index (χ1v) is 2.58. The normalized spacial score (nSPS) is 8.11. The van der Waals surface area contributed by atoms with E-state index >= 15 is 0 Å². The van der Waals surface area contributed by atoms with Crippen LogP contribution in [0.3, 0.4) is 0 Å². The zero-order valence-corrected chi connectivity index (χ0v) is 8.63. The fourth-order valence-electron chi connectivity index (χ4n) is 0.583. The van der Waals surface area contributed by atoms with Crippen molar-refractivity contribution in [3.05, 3.63) is 35.9 Å². The molecule has 0 radical (unpaired) electrons. The Balaban J connectivity index is 0.000000640. The van der Waals surface area contributed by atoms with Crippen LogP contribution in [0.1, 0.15) is 5.56 Å². The maximum atomic E-state index is 8.54. The minimum atomic E-state index is 0. The average molecular weight is 287 g/mol. The van der Waals surface area contributed by atoms with Gasteiger partial charge in [0.15, 0.2) is 0 Å². The van der Waals surface area contributed by atoms with Crippen molar-refractivity contribution in [2.45, 2.75) is 6.61 Å². The van der Waals surface area contributed by atoms with E-state index in [1.54, 1.807) is 0 Å². The fraction of sp³-hybridized carbons (Fsp3) is 0.143. The summed E-state index contributed by atoms with van der Waals surface area (Å²) < 4.78 is 0. The third-order valence-electron chi connectivity index (χ3n) is 1.03. The second-order valence-corrected chi connectivity index (χ2v) is 1.64. The van der Waals surface area contributed by atoms with Crippen LogP contribution in [0.15, 0.2) is 30.3 Å². The summed E-state index contributed by atoms with van der Waals surface area (Å²) in [5.74, 6) is 0. The molecule has 1 N–H and O–H groups in total. The van der Waals surface area contributed by atoms with Crippen molar-refractivity contribution >= 4 is 0 Å². The summed E-state index contributed by atoms with van der Waals surface area (Å²) in [4.78, 5) is 0. The van der Waals surface area contributed by atoms with Crippen LogP contribution in [0.4, 0.5) is 0 Å². The Labute approximate surface area is 73.5 Å². The molecule has 0 unspecified atom stereocenters. The van der Waals surface area contributed by atoms with Crippen LogP contribution in [0.5, 0.6) is 0 Å². The van der Waals surface area contributed by atoms with Crippen molar-refractivity contribution in [2.75, 3.05) is 0 Å². The van der Waals surface area contributed by atoms with Gasteiger partial charge >= 0.3 is 0 Å². The molecular weight excluding hydrogens is 279 g/mol. The van der Waals surface area contributed by atoms with E-state index in [1.807, 2.05) is 30.3 Å². The van der Waals surface area contributed by atoms with Crippen molar-refractivity contribution in [1.82, 2.24) is 0 Å². The maximum absolute atomic E-state index is 8.54. The largest absolute Gasteiger partial charge is 0.392 e. The summed E-state index contributed by atoms with van der Waals surface area (Å²) in [5.41, 5.74) is 0.965. The van der Waals surface area contributed by atoms with E-state index in [9.17, 15) is 0 Å². The molecule has 0 aliphatic heterocycles. The topological polar surface area (TPSA) is 20.2 Å². The van der Waals surface area contributed by atoms with Gasteiger partial charge in [0.05, 0.1) is 6.61 Å². The van der Waals surface area contributed by atoms with E-state index in [-0.39, 0.29) is 32.5 Å². The fourth-order valence-corrected chi connectivity index (χ4v) is 0.583. The molecule has 1 rings (SSSR count). The molecule has 0 spiro atoms. The smallest absolute Gasteiger partial charge is 0.0681 e. The third-order valence-corrected chi connectivity index (χ3v) is 1.03. The summed E-state index contributed by atoms with van der Waals surface area (Å²) in [6, 6.07) is 9.52. The predicted molar refractivity (Wildman–Crippen MR) is 32.4 cm³/mol. The molecule has 9 heavy (non-hydrogen) atoms. The van der Waals surface area contributed by atoms with E-state index in [1.165, 1.54) is 0 Å². The molecule has 0 fully saturated rings. The molecule has 1 aromatic rings. The van der Waals surface area contributed by atoms with Crippen molar-refractivity contribution in [3.8, 4) is 0 Å². The Morgan fingerprint density at radius 2 is 1.67 bits per heavy atom. The Morgan fingerprint density at radius 1 is 1.11 bits per heavy atom. The number of hydrogen-bond acceptors (Lipinski definition) is 1. The van der Waals surface area contributed by atoms with E-state index in [4.69, 9.17) is 5.11 Å². The summed E-state index contributed by atoms with van der Waals surface area (Å²) in [7, 11) is 0. The van der Waals surface area contributed by atoms with Gasteiger partial charge in [-0.05, 0) is 5.56 Å². The van der Waals surface area contributed by atoms with Crippen LogP contribution in [-0.4, -0.2) is 5.11 Å². The number of rotatable bonds is 1. The van der Waals surface area contributed by atoms with Gasteiger partial charge in [-0.25, -0.2) is 0 Å². The summed E-state index contributed by atoms with van der Waals surface area (Å²) >= 11 is 0. The van der Waals surface area contributed by atoms with E-state index < -0.39 is 0 Å². The van der Waals surface area contributed by atoms with Gasteiger partial charge in [-0.1, -0.05) is 30.3 Å². The van der Waals surface area contributed by atoms with Crippen LogP contribution < -0.4 is 0 Å². The molecule has 0 amide bonds. The number of benzene rings is 1. The van der Waals surface area contributed by atoms with Crippen LogP contribution in [0, 0.1) is 0 Å². The third kappa shape index (κ3) is 2.92. The minimum absolute atomic E-state index is 0. The zero-order chi connectivity index (χ0) is 5.82. The monoisotopic (exact) mass is 288 g/mol. The van der Waals surface area contributed by atoms with E-state index in [0.29, 0.717) is 0 Å².